The van der Waals surface area contributed by atoms with Crippen LogP contribution in [0.2, 0.25) is 0 Å². The Bertz CT molecular complexity index is 716. The molecule has 0 unspecified atom stereocenters. The molecule has 168 valence electrons. The molecule has 3 fully saturated rings. The Balaban J connectivity index is 1.54. The first-order chi connectivity index (χ1) is 14.2. The lowest BCUT2D eigenvalue weighted by molar-refractivity contribution is -0.0414. The summed E-state index contributed by atoms with van der Waals surface area (Å²) in [6.07, 6.45) is 18.8. The molecule has 0 saturated heterocycles. The van der Waals surface area contributed by atoms with Gasteiger partial charge < -0.3 is 5.11 Å². The van der Waals surface area contributed by atoms with Gasteiger partial charge in [-0.3, -0.25) is 0 Å². The second kappa shape index (κ2) is 8.27. The fourth-order valence-electron chi connectivity index (χ4n) is 8.49. The van der Waals surface area contributed by atoms with Gasteiger partial charge in [0, 0.05) is 0 Å². The van der Waals surface area contributed by atoms with Crippen LogP contribution in [-0.2, 0) is 0 Å². The van der Waals surface area contributed by atoms with E-state index in [1.807, 2.05) is 5.57 Å². The van der Waals surface area contributed by atoms with Gasteiger partial charge in [0.25, 0.3) is 0 Å². The van der Waals surface area contributed by atoms with E-state index in [0.29, 0.717) is 28.6 Å². The molecule has 30 heavy (non-hydrogen) atoms. The zero-order valence-corrected chi connectivity index (χ0v) is 20.3. The molecular weight excluding hydrogens is 364 g/mol. The van der Waals surface area contributed by atoms with Crippen LogP contribution in [0, 0.1) is 46.3 Å². The van der Waals surface area contributed by atoms with Gasteiger partial charge >= 0.3 is 0 Å². The van der Waals surface area contributed by atoms with Crippen LogP contribution in [0.15, 0.2) is 36.0 Å². The van der Waals surface area contributed by atoms with Crippen LogP contribution in [0.5, 0.6) is 0 Å². The predicted molar refractivity (Wildman–Crippen MR) is 128 cm³/mol. The van der Waals surface area contributed by atoms with E-state index in [-0.39, 0.29) is 6.10 Å². The molecule has 1 N–H and O–H groups in total. The number of allylic oxidation sites excluding steroid dienone is 5. The molecular formula is C29H46O. The lowest BCUT2D eigenvalue weighted by atomic mass is 9.47. The summed E-state index contributed by atoms with van der Waals surface area (Å²) in [5.41, 5.74) is 4.04. The number of fused-ring (bicyclic) bond motifs is 5. The quantitative estimate of drug-likeness (QED) is 0.460. The van der Waals surface area contributed by atoms with Crippen molar-refractivity contribution >= 4 is 0 Å². The van der Waals surface area contributed by atoms with Gasteiger partial charge in [-0.2, -0.15) is 0 Å². The third-order valence-electron chi connectivity index (χ3n) is 10.5. The second-order valence-electron chi connectivity index (χ2n) is 12.0. The first-order valence-electron chi connectivity index (χ1n) is 12.9. The molecule has 0 aromatic rings. The van der Waals surface area contributed by atoms with Crippen LogP contribution in [0.4, 0.5) is 0 Å². The second-order valence-corrected chi connectivity index (χ2v) is 12.0. The Morgan fingerprint density at radius 1 is 1.13 bits per heavy atom. The first-order valence-corrected chi connectivity index (χ1v) is 12.9. The highest BCUT2D eigenvalue weighted by molar-refractivity contribution is 5.28. The number of hydrogen-bond acceptors (Lipinski definition) is 1. The van der Waals surface area contributed by atoms with E-state index < -0.39 is 0 Å². The Hall–Kier alpha value is -0.820. The highest BCUT2D eigenvalue weighted by atomic mass is 16.3. The molecule has 9 atom stereocenters. The molecule has 4 aliphatic carbocycles. The van der Waals surface area contributed by atoms with Crippen LogP contribution in [-0.4, -0.2) is 11.2 Å². The summed E-state index contributed by atoms with van der Waals surface area (Å²) in [6, 6.07) is 0. The van der Waals surface area contributed by atoms with Gasteiger partial charge in [-0.15, -0.1) is 0 Å². The van der Waals surface area contributed by atoms with E-state index in [2.05, 4.69) is 59.4 Å². The number of aliphatic hydroxyl groups excluding tert-OH is 1. The van der Waals surface area contributed by atoms with E-state index in [9.17, 15) is 5.11 Å². The molecule has 4 rings (SSSR count). The fourth-order valence-corrected chi connectivity index (χ4v) is 8.49. The Morgan fingerprint density at radius 2 is 1.83 bits per heavy atom. The predicted octanol–water partition coefficient (Wildman–Crippen LogP) is 7.72. The summed E-state index contributed by atoms with van der Waals surface area (Å²) < 4.78 is 0. The van der Waals surface area contributed by atoms with Crippen LogP contribution < -0.4 is 0 Å². The van der Waals surface area contributed by atoms with Gasteiger partial charge in [0.1, 0.15) is 0 Å². The summed E-state index contributed by atoms with van der Waals surface area (Å²) in [4.78, 5) is 0. The van der Waals surface area contributed by atoms with Gasteiger partial charge in [0.15, 0.2) is 0 Å². The standard InChI is InChI=1S/C29H46O/c1-7-21(19(2)3)9-8-20(4)25-12-13-26-24-11-10-22-18-23(30)14-16-28(22,5)27(24)15-17-29(25,26)6/h8-9,11,20-23,25-27,30H,2,7,10,12-18H2,1,3-6H3/b9-8+/t20-,21+,22+,23-,25-,26+,27+,28+,29-/m1/s1. The average molecular weight is 411 g/mol. The highest BCUT2D eigenvalue weighted by Crippen LogP contribution is 2.66. The van der Waals surface area contributed by atoms with Crippen molar-refractivity contribution in [1.82, 2.24) is 0 Å². The molecule has 0 radical (unpaired) electrons. The average Bonchev–Trinajstić information content (AvgIpc) is 3.06. The zero-order chi connectivity index (χ0) is 21.7. The maximum Gasteiger partial charge on any atom is 0.0543 e. The van der Waals surface area contributed by atoms with Gasteiger partial charge in [-0.05, 0) is 111 Å². The molecule has 3 saturated carbocycles. The monoisotopic (exact) mass is 410 g/mol. The van der Waals surface area contributed by atoms with Crippen molar-refractivity contribution in [2.45, 2.75) is 98.5 Å². The van der Waals surface area contributed by atoms with Gasteiger partial charge in [-0.25, -0.2) is 0 Å². The molecule has 0 aromatic heterocycles. The Kier molecular flexibility index (Phi) is 6.17. The molecule has 1 heteroatoms. The smallest absolute Gasteiger partial charge is 0.0543 e. The lowest BCUT2D eigenvalue weighted by Gasteiger charge is -2.57. The zero-order valence-electron chi connectivity index (χ0n) is 20.3. The number of hydrogen-bond donors (Lipinski definition) is 1. The summed E-state index contributed by atoms with van der Waals surface area (Å²) >= 11 is 0. The fraction of sp³-hybridized carbons (Fsp3) is 0.793. The molecule has 0 heterocycles. The van der Waals surface area contributed by atoms with E-state index in [1.165, 1.54) is 44.1 Å². The first kappa shape index (κ1) is 22.4. The largest absolute Gasteiger partial charge is 0.393 e. The molecule has 0 spiro atoms. The molecule has 0 bridgehead atoms. The van der Waals surface area contributed by atoms with Crippen molar-refractivity contribution in [2.24, 2.45) is 46.3 Å². The normalized spacial score (nSPS) is 45.3. The topological polar surface area (TPSA) is 20.2 Å². The number of rotatable bonds is 5. The Morgan fingerprint density at radius 3 is 2.53 bits per heavy atom. The van der Waals surface area contributed by atoms with Gasteiger partial charge in [0.05, 0.1) is 6.10 Å². The van der Waals surface area contributed by atoms with Crippen molar-refractivity contribution in [1.29, 1.82) is 0 Å². The Labute approximate surface area is 186 Å². The van der Waals surface area contributed by atoms with E-state index in [1.54, 1.807) is 0 Å². The van der Waals surface area contributed by atoms with E-state index >= 15 is 0 Å². The maximum atomic E-state index is 10.3. The van der Waals surface area contributed by atoms with Gasteiger partial charge in [0.2, 0.25) is 0 Å². The summed E-state index contributed by atoms with van der Waals surface area (Å²) in [5.74, 6) is 4.27. The summed E-state index contributed by atoms with van der Waals surface area (Å²) in [7, 11) is 0. The molecule has 0 amide bonds. The minimum absolute atomic E-state index is 0.0541. The van der Waals surface area contributed by atoms with Crippen LogP contribution in [0.25, 0.3) is 0 Å². The van der Waals surface area contributed by atoms with Crippen LogP contribution in [0.1, 0.15) is 92.4 Å². The van der Waals surface area contributed by atoms with Crippen molar-refractivity contribution < 1.29 is 5.11 Å². The molecule has 1 nitrogen and oxygen atoms in total. The van der Waals surface area contributed by atoms with Crippen molar-refractivity contribution in [3.8, 4) is 0 Å². The minimum atomic E-state index is -0.0541. The third kappa shape index (κ3) is 3.58. The number of aliphatic hydroxyl groups is 1. The van der Waals surface area contributed by atoms with Crippen molar-refractivity contribution in [3.63, 3.8) is 0 Å². The summed E-state index contributed by atoms with van der Waals surface area (Å²) in [6.45, 7) is 16.3. The highest BCUT2D eigenvalue weighted by Gasteiger charge is 2.57. The molecule has 0 aliphatic heterocycles. The lowest BCUT2D eigenvalue weighted by Crippen LogP contribution is -2.49. The van der Waals surface area contributed by atoms with Gasteiger partial charge in [-0.1, -0.05) is 63.6 Å². The van der Waals surface area contributed by atoms with Crippen LogP contribution >= 0.6 is 0 Å². The van der Waals surface area contributed by atoms with Crippen molar-refractivity contribution in [2.75, 3.05) is 0 Å². The van der Waals surface area contributed by atoms with E-state index in [0.717, 1.165) is 37.0 Å². The maximum absolute atomic E-state index is 10.3. The summed E-state index contributed by atoms with van der Waals surface area (Å²) in [5, 5.41) is 10.3. The SMILES string of the molecule is C=C(C)[C@H](/C=C/[C@@H](C)[C@H]1CC[C@H]2C3=CC[C@H]4C[C@H](O)CC[C@]4(C)[C@H]3CC[C@]12C)CC. The van der Waals surface area contributed by atoms with E-state index in [4.69, 9.17) is 0 Å². The third-order valence-corrected chi connectivity index (χ3v) is 10.5. The molecule has 0 aromatic carbocycles. The van der Waals surface area contributed by atoms with Crippen LogP contribution in [0.3, 0.4) is 0 Å². The van der Waals surface area contributed by atoms with Crippen molar-refractivity contribution in [3.05, 3.63) is 36.0 Å². The minimum Gasteiger partial charge on any atom is -0.393 e. The molecule has 4 aliphatic rings.